The lowest BCUT2D eigenvalue weighted by Gasteiger charge is -2.23. The van der Waals surface area contributed by atoms with Crippen molar-refractivity contribution in [1.82, 2.24) is 5.32 Å². The maximum Gasteiger partial charge on any atom is 0.253 e. The Balaban J connectivity index is 2.28. The predicted molar refractivity (Wildman–Crippen MR) is 121 cm³/mol. The Bertz CT molecular complexity index is 1100. The van der Waals surface area contributed by atoms with Gasteiger partial charge in [-0.2, -0.15) is 0 Å². The Morgan fingerprint density at radius 3 is 2.23 bits per heavy atom. The van der Waals surface area contributed by atoms with Gasteiger partial charge in [0.05, 0.1) is 23.2 Å². The van der Waals surface area contributed by atoms with Crippen molar-refractivity contribution in [3.05, 3.63) is 59.7 Å². The average molecular weight is 446 g/mol. The molecule has 0 saturated heterocycles. The predicted octanol–water partition coefficient (Wildman–Crippen LogP) is 2.82. The van der Waals surface area contributed by atoms with Crippen LogP contribution in [0.3, 0.4) is 0 Å². The van der Waals surface area contributed by atoms with Crippen LogP contribution in [0.1, 0.15) is 48.4 Å². The summed E-state index contributed by atoms with van der Waals surface area (Å²) in [6.07, 6.45) is 0.978. The van der Waals surface area contributed by atoms with Crippen LogP contribution in [0.4, 0.5) is 11.4 Å². The van der Waals surface area contributed by atoms with E-state index in [0.717, 1.165) is 10.6 Å². The number of carbonyl (C=O) groups excluding carboxylic acids is 3. The SMILES string of the molecule is CC(=O)c1cccc(N(CC(=O)Nc2ccccc2C(=O)NC(C)(C)C)S(C)(=O)=O)c1. The quantitative estimate of drug-likeness (QED) is 0.637. The van der Waals surface area contributed by atoms with E-state index >= 15 is 0 Å². The van der Waals surface area contributed by atoms with E-state index in [4.69, 9.17) is 0 Å². The van der Waals surface area contributed by atoms with Crippen molar-refractivity contribution in [1.29, 1.82) is 0 Å². The summed E-state index contributed by atoms with van der Waals surface area (Å²) in [7, 11) is -3.82. The second-order valence-electron chi connectivity index (χ2n) is 8.17. The molecular weight excluding hydrogens is 418 g/mol. The fraction of sp³-hybridized carbons (Fsp3) is 0.318. The number of nitrogens with zero attached hydrogens (tertiary/aromatic N) is 1. The summed E-state index contributed by atoms with van der Waals surface area (Å²) in [5, 5.41) is 5.44. The summed E-state index contributed by atoms with van der Waals surface area (Å²) in [5.74, 6) is -1.22. The first kappa shape index (κ1) is 24.1. The molecule has 0 saturated carbocycles. The zero-order valence-corrected chi connectivity index (χ0v) is 19.0. The lowest BCUT2D eigenvalue weighted by molar-refractivity contribution is -0.114. The summed E-state index contributed by atoms with van der Waals surface area (Å²) >= 11 is 0. The van der Waals surface area contributed by atoms with Gasteiger partial charge in [-0.15, -0.1) is 0 Å². The van der Waals surface area contributed by atoms with Gasteiger partial charge in [-0.1, -0.05) is 24.3 Å². The van der Waals surface area contributed by atoms with Crippen LogP contribution in [0, 0.1) is 0 Å². The highest BCUT2D eigenvalue weighted by Gasteiger charge is 2.23. The van der Waals surface area contributed by atoms with E-state index in [1.807, 2.05) is 20.8 Å². The summed E-state index contributed by atoms with van der Waals surface area (Å²) in [4.78, 5) is 36.9. The van der Waals surface area contributed by atoms with Crippen LogP contribution in [0.5, 0.6) is 0 Å². The highest BCUT2D eigenvalue weighted by molar-refractivity contribution is 7.92. The van der Waals surface area contributed by atoms with Crippen molar-refractivity contribution < 1.29 is 22.8 Å². The lowest BCUT2D eigenvalue weighted by atomic mass is 10.1. The molecule has 166 valence electrons. The number of rotatable bonds is 7. The minimum absolute atomic E-state index is 0.198. The number of hydrogen-bond donors (Lipinski definition) is 2. The standard InChI is InChI=1S/C22H27N3O5S/c1-15(26)16-9-8-10-17(13-16)25(31(5,29)30)14-20(27)23-19-12-7-6-11-18(19)21(28)24-22(2,3)4/h6-13H,14H2,1-5H3,(H,23,27)(H,24,28). The molecule has 2 rings (SSSR count). The normalized spacial score (nSPS) is 11.5. The van der Waals surface area contributed by atoms with E-state index in [1.165, 1.54) is 19.1 Å². The topological polar surface area (TPSA) is 113 Å². The number of hydrogen-bond acceptors (Lipinski definition) is 5. The molecule has 9 heteroatoms. The van der Waals surface area contributed by atoms with E-state index in [1.54, 1.807) is 36.4 Å². The third-order valence-electron chi connectivity index (χ3n) is 4.16. The Morgan fingerprint density at radius 2 is 1.65 bits per heavy atom. The van der Waals surface area contributed by atoms with Gasteiger partial charge >= 0.3 is 0 Å². The summed E-state index contributed by atoms with van der Waals surface area (Å²) < 4.78 is 25.6. The first-order chi connectivity index (χ1) is 14.3. The molecule has 0 aromatic heterocycles. The van der Waals surface area contributed by atoms with Gasteiger partial charge in [0.2, 0.25) is 15.9 Å². The highest BCUT2D eigenvalue weighted by Crippen LogP contribution is 2.21. The summed E-state index contributed by atoms with van der Waals surface area (Å²) in [5.41, 5.74) is 0.582. The Morgan fingerprint density at radius 1 is 1.00 bits per heavy atom. The monoisotopic (exact) mass is 445 g/mol. The van der Waals surface area contributed by atoms with E-state index in [2.05, 4.69) is 10.6 Å². The van der Waals surface area contributed by atoms with E-state index in [9.17, 15) is 22.8 Å². The first-order valence-electron chi connectivity index (χ1n) is 9.58. The van der Waals surface area contributed by atoms with Crippen LogP contribution >= 0.6 is 0 Å². The zero-order chi connectivity index (χ0) is 23.4. The van der Waals surface area contributed by atoms with Crippen LogP contribution in [-0.4, -0.2) is 44.4 Å². The summed E-state index contributed by atoms with van der Waals surface area (Å²) in [6, 6.07) is 12.5. The number of sulfonamides is 1. The number of carbonyl (C=O) groups is 3. The number of anilines is 2. The molecule has 0 aliphatic heterocycles. The molecule has 0 atom stereocenters. The summed E-state index contributed by atoms with van der Waals surface area (Å²) in [6.45, 7) is 6.37. The van der Waals surface area contributed by atoms with Crippen molar-refractivity contribution in [3.8, 4) is 0 Å². The minimum atomic E-state index is -3.82. The van der Waals surface area contributed by atoms with Gasteiger partial charge in [0.15, 0.2) is 5.78 Å². The molecule has 0 bridgehead atoms. The Hall–Kier alpha value is -3.20. The van der Waals surface area contributed by atoms with E-state index < -0.39 is 28.0 Å². The molecule has 0 fully saturated rings. The highest BCUT2D eigenvalue weighted by atomic mass is 32.2. The van der Waals surface area contributed by atoms with Gasteiger partial charge < -0.3 is 10.6 Å². The molecule has 0 aliphatic carbocycles. The number of nitrogens with one attached hydrogen (secondary N) is 2. The van der Waals surface area contributed by atoms with Crippen LogP contribution in [-0.2, 0) is 14.8 Å². The van der Waals surface area contributed by atoms with Crippen LogP contribution in [0.25, 0.3) is 0 Å². The molecule has 8 nitrogen and oxygen atoms in total. The van der Waals surface area contributed by atoms with Crippen molar-refractivity contribution >= 4 is 39.0 Å². The van der Waals surface area contributed by atoms with Crippen LogP contribution < -0.4 is 14.9 Å². The van der Waals surface area contributed by atoms with Crippen LogP contribution in [0.2, 0.25) is 0 Å². The molecule has 2 aromatic rings. The largest absolute Gasteiger partial charge is 0.347 e. The molecule has 2 amide bonds. The molecule has 2 aromatic carbocycles. The number of ketones is 1. The maximum atomic E-state index is 12.7. The van der Waals surface area contributed by atoms with Crippen molar-refractivity contribution in [2.75, 3.05) is 22.4 Å². The molecule has 31 heavy (non-hydrogen) atoms. The van der Waals surface area contributed by atoms with E-state index in [0.29, 0.717) is 5.56 Å². The fourth-order valence-corrected chi connectivity index (χ4v) is 3.65. The van der Waals surface area contributed by atoms with E-state index in [-0.39, 0.29) is 28.6 Å². The van der Waals surface area contributed by atoms with Crippen molar-refractivity contribution in [3.63, 3.8) is 0 Å². The van der Waals surface area contributed by atoms with Gasteiger partial charge in [-0.3, -0.25) is 18.7 Å². The average Bonchev–Trinajstić information content (AvgIpc) is 2.64. The third-order valence-corrected chi connectivity index (χ3v) is 5.30. The molecule has 0 aliphatic rings. The van der Waals surface area contributed by atoms with Crippen molar-refractivity contribution in [2.45, 2.75) is 33.2 Å². The maximum absolute atomic E-state index is 12.7. The zero-order valence-electron chi connectivity index (χ0n) is 18.2. The Kier molecular flexibility index (Phi) is 7.22. The van der Waals surface area contributed by atoms with Gasteiger partial charge in [-0.25, -0.2) is 8.42 Å². The van der Waals surface area contributed by atoms with Gasteiger partial charge in [0.1, 0.15) is 6.54 Å². The Labute approximate surface area is 182 Å². The molecule has 0 heterocycles. The minimum Gasteiger partial charge on any atom is -0.347 e. The number of amides is 2. The van der Waals surface area contributed by atoms with Gasteiger partial charge in [0, 0.05) is 11.1 Å². The third kappa shape index (κ3) is 6.92. The van der Waals surface area contributed by atoms with Crippen LogP contribution in [0.15, 0.2) is 48.5 Å². The molecule has 0 unspecified atom stereocenters. The number of para-hydroxylation sites is 1. The van der Waals surface area contributed by atoms with Gasteiger partial charge in [0.25, 0.3) is 5.91 Å². The molecule has 0 spiro atoms. The smallest absolute Gasteiger partial charge is 0.253 e. The first-order valence-corrected chi connectivity index (χ1v) is 11.4. The van der Waals surface area contributed by atoms with Gasteiger partial charge in [-0.05, 0) is 52.0 Å². The number of benzene rings is 2. The number of Topliss-reactive ketones (excluding diaryl/α,β-unsaturated/α-hetero) is 1. The van der Waals surface area contributed by atoms with Crippen molar-refractivity contribution in [2.24, 2.45) is 0 Å². The fourth-order valence-electron chi connectivity index (χ4n) is 2.80. The molecule has 0 radical (unpaired) electrons. The second kappa shape index (κ2) is 9.30. The lowest BCUT2D eigenvalue weighted by Crippen LogP contribution is -2.41. The second-order valence-corrected chi connectivity index (χ2v) is 10.1. The molecule has 2 N–H and O–H groups in total. The molecular formula is C22H27N3O5S.